The fraction of sp³-hybridized carbons (Fsp3) is 0.250. The van der Waals surface area contributed by atoms with Crippen molar-refractivity contribution in [2.45, 2.75) is 13.2 Å². The van der Waals surface area contributed by atoms with Gasteiger partial charge in [-0.15, -0.1) is 0 Å². The predicted molar refractivity (Wildman–Crippen MR) is 127 cm³/mol. The van der Waals surface area contributed by atoms with E-state index in [9.17, 15) is 0 Å². The summed E-state index contributed by atoms with van der Waals surface area (Å²) in [5.41, 5.74) is 4.61. The van der Waals surface area contributed by atoms with Crippen molar-refractivity contribution in [1.29, 1.82) is 0 Å². The third-order valence-electron chi connectivity index (χ3n) is 5.04. The van der Waals surface area contributed by atoms with E-state index in [-0.39, 0.29) is 0 Å². The summed E-state index contributed by atoms with van der Waals surface area (Å²) >= 11 is 9.55. The van der Waals surface area contributed by atoms with Crippen LogP contribution in [0.2, 0.25) is 5.02 Å². The molecule has 0 unspecified atom stereocenters. The van der Waals surface area contributed by atoms with Crippen LogP contribution in [-0.2, 0) is 17.9 Å². The Balaban J connectivity index is 1.30. The zero-order valence-electron chi connectivity index (χ0n) is 16.6. The van der Waals surface area contributed by atoms with Gasteiger partial charge in [0.25, 0.3) is 0 Å². The normalized spacial score (nSPS) is 13.9. The first kappa shape index (κ1) is 21.0. The molecule has 156 valence electrons. The maximum atomic E-state index is 5.93. The van der Waals surface area contributed by atoms with Gasteiger partial charge in [0.15, 0.2) is 0 Å². The molecule has 4 rings (SSSR count). The van der Waals surface area contributed by atoms with Crippen LogP contribution in [0.15, 0.2) is 71.2 Å². The molecule has 1 aliphatic rings. The van der Waals surface area contributed by atoms with Crippen LogP contribution in [0, 0.1) is 0 Å². The lowest BCUT2D eigenvalue weighted by Crippen LogP contribution is -2.36. The Bertz CT molecular complexity index is 958. The SMILES string of the molecule is Clc1ccc(COc2ccc(CNc3ccc(N4CCOCC4)cc3)cc2Br)cc1. The van der Waals surface area contributed by atoms with Gasteiger partial charge in [-0.05, 0) is 75.6 Å². The van der Waals surface area contributed by atoms with E-state index in [1.165, 1.54) is 11.3 Å². The highest BCUT2D eigenvalue weighted by atomic mass is 79.9. The second-order valence-electron chi connectivity index (χ2n) is 7.18. The molecule has 3 aromatic carbocycles. The molecule has 6 heteroatoms. The molecule has 0 saturated carbocycles. The number of nitrogens with zero attached hydrogens (tertiary/aromatic N) is 1. The Morgan fingerprint density at radius 1 is 0.933 bits per heavy atom. The summed E-state index contributed by atoms with van der Waals surface area (Å²) in [4.78, 5) is 2.35. The van der Waals surface area contributed by atoms with Gasteiger partial charge in [-0.2, -0.15) is 0 Å². The predicted octanol–water partition coefficient (Wildman–Crippen LogP) is 6.13. The molecular formula is C24H24BrClN2O2. The highest BCUT2D eigenvalue weighted by Gasteiger charge is 2.10. The second-order valence-corrected chi connectivity index (χ2v) is 8.47. The number of morpholine rings is 1. The van der Waals surface area contributed by atoms with Crippen LogP contribution in [0.4, 0.5) is 11.4 Å². The maximum Gasteiger partial charge on any atom is 0.134 e. The standard InChI is InChI=1S/C24H24BrClN2O2/c25-23-15-19(3-10-24(23)30-17-18-1-4-20(26)5-2-18)16-27-21-6-8-22(9-7-21)28-11-13-29-14-12-28/h1-10,15,27H,11-14,16-17H2. The molecule has 0 aliphatic carbocycles. The topological polar surface area (TPSA) is 33.7 Å². The van der Waals surface area contributed by atoms with Gasteiger partial charge in [-0.25, -0.2) is 0 Å². The number of anilines is 2. The van der Waals surface area contributed by atoms with Crippen LogP contribution < -0.4 is 15.0 Å². The molecule has 30 heavy (non-hydrogen) atoms. The molecule has 4 nitrogen and oxygen atoms in total. The van der Waals surface area contributed by atoms with Gasteiger partial charge in [-0.1, -0.05) is 29.8 Å². The number of hydrogen-bond donors (Lipinski definition) is 1. The van der Waals surface area contributed by atoms with Crippen molar-refractivity contribution >= 4 is 38.9 Å². The van der Waals surface area contributed by atoms with Gasteiger partial charge < -0.3 is 19.7 Å². The largest absolute Gasteiger partial charge is 0.488 e. The van der Waals surface area contributed by atoms with Crippen molar-refractivity contribution in [1.82, 2.24) is 0 Å². The van der Waals surface area contributed by atoms with Crippen LogP contribution in [0.3, 0.4) is 0 Å². The monoisotopic (exact) mass is 486 g/mol. The van der Waals surface area contributed by atoms with E-state index in [2.05, 4.69) is 62.5 Å². The minimum Gasteiger partial charge on any atom is -0.488 e. The summed E-state index contributed by atoms with van der Waals surface area (Å²) in [6.45, 7) is 4.75. The fourth-order valence-corrected chi connectivity index (χ4v) is 4.00. The highest BCUT2D eigenvalue weighted by Crippen LogP contribution is 2.27. The number of nitrogens with one attached hydrogen (secondary N) is 1. The third kappa shape index (κ3) is 5.69. The molecule has 1 aliphatic heterocycles. The van der Waals surface area contributed by atoms with E-state index < -0.39 is 0 Å². The van der Waals surface area contributed by atoms with E-state index in [0.29, 0.717) is 6.61 Å². The van der Waals surface area contributed by atoms with Crippen LogP contribution in [0.5, 0.6) is 5.75 Å². The molecule has 1 N–H and O–H groups in total. The van der Waals surface area contributed by atoms with Crippen molar-refractivity contribution in [2.24, 2.45) is 0 Å². The van der Waals surface area contributed by atoms with Crippen molar-refractivity contribution < 1.29 is 9.47 Å². The van der Waals surface area contributed by atoms with E-state index in [0.717, 1.165) is 59.3 Å². The Kier molecular flexibility index (Phi) is 7.16. The molecule has 1 saturated heterocycles. The first-order valence-electron chi connectivity index (χ1n) is 10.00. The molecule has 0 spiro atoms. The molecule has 0 aromatic heterocycles. The number of hydrogen-bond acceptors (Lipinski definition) is 4. The molecule has 3 aromatic rings. The maximum absolute atomic E-state index is 5.93. The first-order chi connectivity index (χ1) is 14.7. The zero-order valence-corrected chi connectivity index (χ0v) is 19.0. The van der Waals surface area contributed by atoms with E-state index >= 15 is 0 Å². The van der Waals surface area contributed by atoms with Crippen molar-refractivity contribution in [3.8, 4) is 5.75 Å². The van der Waals surface area contributed by atoms with Crippen molar-refractivity contribution in [3.05, 3.63) is 87.4 Å². The molecule has 0 radical (unpaired) electrons. The highest BCUT2D eigenvalue weighted by molar-refractivity contribution is 9.10. The van der Waals surface area contributed by atoms with Crippen LogP contribution >= 0.6 is 27.5 Å². The Hall–Kier alpha value is -2.21. The van der Waals surface area contributed by atoms with Crippen molar-refractivity contribution in [2.75, 3.05) is 36.5 Å². The Morgan fingerprint density at radius 3 is 2.33 bits per heavy atom. The molecule has 1 fully saturated rings. The summed E-state index contributed by atoms with van der Waals surface area (Å²) < 4.78 is 12.3. The quantitative estimate of drug-likeness (QED) is 0.435. The summed E-state index contributed by atoms with van der Waals surface area (Å²) in [5.74, 6) is 0.823. The minimum atomic E-state index is 0.503. The lowest BCUT2D eigenvalue weighted by molar-refractivity contribution is 0.122. The van der Waals surface area contributed by atoms with E-state index in [1.807, 2.05) is 30.3 Å². The first-order valence-corrected chi connectivity index (χ1v) is 11.2. The molecule has 0 atom stereocenters. The smallest absolute Gasteiger partial charge is 0.134 e. The van der Waals surface area contributed by atoms with Gasteiger partial charge >= 0.3 is 0 Å². The Labute approximate surface area is 190 Å². The minimum absolute atomic E-state index is 0.503. The van der Waals surface area contributed by atoms with Crippen LogP contribution in [0.1, 0.15) is 11.1 Å². The molecule has 0 amide bonds. The van der Waals surface area contributed by atoms with Gasteiger partial charge in [0.1, 0.15) is 12.4 Å². The van der Waals surface area contributed by atoms with Gasteiger partial charge in [-0.3, -0.25) is 0 Å². The molecular weight excluding hydrogens is 464 g/mol. The summed E-state index contributed by atoms with van der Waals surface area (Å²) in [6.07, 6.45) is 0. The summed E-state index contributed by atoms with van der Waals surface area (Å²) in [7, 11) is 0. The van der Waals surface area contributed by atoms with E-state index in [1.54, 1.807) is 0 Å². The van der Waals surface area contributed by atoms with Crippen LogP contribution in [-0.4, -0.2) is 26.3 Å². The number of ether oxygens (including phenoxy) is 2. The number of halogens is 2. The fourth-order valence-electron chi connectivity index (χ4n) is 3.33. The Morgan fingerprint density at radius 2 is 1.63 bits per heavy atom. The zero-order chi connectivity index (χ0) is 20.8. The van der Waals surface area contributed by atoms with Gasteiger partial charge in [0, 0.05) is 36.0 Å². The lowest BCUT2D eigenvalue weighted by atomic mass is 10.2. The van der Waals surface area contributed by atoms with Gasteiger partial charge in [0.2, 0.25) is 0 Å². The average Bonchev–Trinajstić information content (AvgIpc) is 2.79. The average molecular weight is 488 g/mol. The number of rotatable bonds is 7. The van der Waals surface area contributed by atoms with E-state index in [4.69, 9.17) is 21.1 Å². The molecule has 0 bridgehead atoms. The number of benzene rings is 3. The second kappa shape index (κ2) is 10.2. The van der Waals surface area contributed by atoms with Crippen LogP contribution in [0.25, 0.3) is 0 Å². The van der Waals surface area contributed by atoms with Crippen molar-refractivity contribution in [3.63, 3.8) is 0 Å². The molecule has 1 heterocycles. The summed E-state index contributed by atoms with van der Waals surface area (Å²) in [5, 5.41) is 4.21. The van der Waals surface area contributed by atoms with Gasteiger partial charge in [0.05, 0.1) is 17.7 Å². The lowest BCUT2D eigenvalue weighted by Gasteiger charge is -2.28. The third-order valence-corrected chi connectivity index (χ3v) is 5.92. The summed E-state index contributed by atoms with van der Waals surface area (Å²) in [6, 6.07) is 22.4.